The average Bonchev–Trinajstić information content (AvgIpc) is 3.14. The molecule has 0 spiro atoms. The molecule has 1 N–H and O–H groups in total. The number of aromatic nitrogens is 2. The number of imidazole rings is 1. The lowest BCUT2D eigenvalue weighted by atomic mass is 9.97. The van der Waals surface area contributed by atoms with Crippen molar-refractivity contribution in [2.45, 2.75) is 50.6 Å². The van der Waals surface area contributed by atoms with Crippen LogP contribution < -0.4 is 5.32 Å². The van der Waals surface area contributed by atoms with E-state index in [2.05, 4.69) is 39.1 Å². The average molecular weight is 295 g/mol. The van der Waals surface area contributed by atoms with Crippen LogP contribution in [0.15, 0.2) is 36.8 Å². The molecule has 1 saturated carbocycles. The molecule has 2 aliphatic carbocycles. The summed E-state index contributed by atoms with van der Waals surface area (Å²) in [5.74, 6) is 0.523. The number of benzene rings is 1. The number of carbonyl (C=O) groups is 1. The van der Waals surface area contributed by atoms with Gasteiger partial charge in [-0.2, -0.15) is 0 Å². The van der Waals surface area contributed by atoms with Crippen LogP contribution in [0.2, 0.25) is 0 Å². The van der Waals surface area contributed by atoms with Crippen LogP contribution in [-0.2, 0) is 17.8 Å². The van der Waals surface area contributed by atoms with Gasteiger partial charge in [0.2, 0.25) is 5.91 Å². The number of carbonyl (C=O) groups excluding carboxylic acids is 1. The molecule has 4 heteroatoms. The molecule has 4 rings (SSSR count). The molecule has 2 aliphatic rings. The Labute approximate surface area is 130 Å². The number of amides is 1. The fourth-order valence-electron chi connectivity index (χ4n) is 3.49. The number of rotatable bonds is 5. The molecule has 0 radical (unpaired) electrons. The van der Waals surface area contributed by atoms with Gasteiger partial charge in [0, 0.05) is 18.7 Å². The van der Waals surface area contributed by atoms with E-state index in [0.29, 0.717) is 24.9 Å². The van der Waals surface area contributed by atoms with Gasteiger partial charge < -0.3 is 9.88 Å². The van der Waals surface area contributed by atoms with Crippen LogP contribution in [0.1, 0.15) is 54.5 Å². The summed E-state index contributed by atoms with van der Waals surface area (Å²) in [5.41, 5.74) is 3.88. The normalized spacial score (nSPS) is 19.9. The third-order valence-corrected chi connectivity index (χ3v) is 4.84. The van der Waals surface area contributed by atoms with Gasteiger partial charge in [-0.3, -0.25) is 4.79 Å². The number of hydrogen-bond acceptors (Lipinski definition) is 2. The molecule has 1 amide bonds. The smallest absolute Gasteiger partial charge is 0.220 e. The van der Waals surface area contributed by atoms with Gasteiger partial charge >= 0.3 is 0 Å². The van der Waals surface area contributed by atoms with Crippen molar-refractivity contribution < 1.29 is 4.79 Å². The molecule has 0 bridgehead atoms. The first kappa shape index (κ1) is 13.6. The first-order chi connectivity index (χ1) is 10.8. The van der Waals surface area contributed by atoms with E-state index < -0.39 is 0 Å². The van der Waals surface area contributed by atoms with Crippen molar-refractivity contribution in [3.8, 4) is 0 Å². The Morgan fingerprint density at radius 1 is 1.27 bits per heavy atom. The van der Waals surface area contributed by atoms with Crippen molar-refractivity contribution in [1.29, 1.82) is 0 Å². The zero-order chi connectivity index (χ0) is 14.9. The van der Waals surface area contributed by atoms with Gasteiger partial charge in [0.15, 0.2) is 0 Å². The largest absolute Gasteiger partial charge is 0.350 e. The minimum atomic E-state index is 0.144. The van der Waals surface area contributed by atoms with Gasteiger partial charge in [0.05, 0.1) is 18.6 Å². The molecule has 0 unspecified atom stereocenters. The van der Waals surface area contributed by atoms with Crippen LogP contribution in [0.25, 0.3) is 0 Å². The number of aryl methyl sites for hydroxylation is 1. The van der Waals surface area contributed by atoms with Crippen molar-refractivity contribution in [2.75, 3.05) is 0 Å². The Kier molecular flexibility index (Phi) is 3.45. The second kappa shape index (κ2) is 5.59. The molecule has 1 aromatic carbocycles. The number of fused-ring (bicyclic) bond motifs is 1. The van der Waals surface area contributed by atoms with Crippen LogP contribution in [-0.4, -0.2) is 15.5 Å². The van der Waals surface area contributed by atoms with Crippen LogP contribution in [0.4, 0.5) is 0 Å². The molecule has 114 valence electrons. The highest BCUT2D eigenvalue weighted by Gasteiger charge is 2.26. The summed E-state index contributed by atoms with van der Waals surface area (Å²) < 4.78 is 2.20. The van der Waals surface area contributed by atoms with E-state index in [1.54, 1.807) is 0 Å². The highest BCUT2D eigenvalue weighted by Crippen LogP contribution is 2.36. The predicted molar refractivity (Wildman–Crippen MR) is 84.5 cm³/mol. The lowest BCUT2D eigenvalue weighted by Gasteiger charge is -2.12. The Hall–Kier alpha value is -2.10. The van der Waals surface area contributed by atoms with E-state index >= 15 is 0 Å². The second-order valence-corrected chi connectivity index (χ2v) is 6.44. The quantitative estimate of drug-likeness (QED) is 0.922. The number of nitrogens with one attached hydrogen (secondary N) is 1. The summed E-state index contributed by atoms with van der Waals surface area (Å²) in [4.78, 5) is 16.5. The summed E-state index contributed by atoms with van der Waals surface area (Å²) in [5, 5.41) is 3.07. The Morgan fingerprint density at radius 3 is 3.00 bits per heavy atom. The zero-order valence-electron chi connectivity index (χ0n) is 12.7. The second-order valence-electron chi connectivity index (χ2n) is 6.44. The van der Waals surface area contributed by atoms with Gasteiger partial charge in [0.25, 0.3) is 0 Å². The highest BCUT2D eigenvalue weighted by atomic mass is 16.1. The topological polar surface area (TPSA) is 46.9 Å². The van der Waals surface area contributed by atoms with E-state index in [1.165, 1.54) is 24.0 Å². The monoisotopic (exact) mass is 295 g/mol. The molecule has 1 atom stereocenters. The summed E-state index contributed by atoms with van der Waals surface area (Å²) in [7, 11) is 0. The Morgan fingerprint density at radius 2 is 2.14 bits per heavy atom. The first-order valence-electron chi connectivity index (χ1n) is 8.16. The summed E-state index contributed by atoms with van der Waals surface area (Å²) in [6, 6.07) is 9.11. The molecular formula is C18H21N3O. The van der Waals surface area contributed by atoms with Crippen LogP contribution in [0.3, 0.4) is 0 Å². The third-order valence-electron chi connectivity index (χ3n) is 4.84. The standard InChI is InChI=1S/C18H21N3O/c22-18(9-14-6-5-13-3-1-2-4-17(13)14)20-11-16-10-19-12-21(16)15-7-8-15/h1-4,10,12,14-15H,5-9,11H2,(H,20,22)/t14-/m0/s1. The lowest BCUT2D eigenvalue weighted by molar-refractivity contribution is -0.121. The van der Waals surface area contributed by atoms with Crippen molar-refractivity contribution in [1.82, 2.24) is 14.9 Å². The first-order valence-corrected chi connectivity index (χ1v) is 8.16. The molecule has 1 heterocycles. The molecule has 0 aliphatic heterocycles. The van der Waals surface area contributed by atoms with Crippen molar-refractivity contribution >= 4 is 5.91 Å². The summed E-state index contributed by atoms with van der Waals surface area (Å²) in [6.07, 6.45) is 8.99. The van der Waals surface area contributed by atoms with Gasteiger partial charge in [-0.1, -0.05) is 24.3 Å². The van der Waals surface area contributed by atoms with Crippen LogP contribution >= 0.6 is 0 Å². The number of nitrogens with zero attached hydrogens (tertiary/aromatic N) is 2. The van der Waals surface area contributed by atoms with Crippen molar-refractivity contribution in [3.05, 3.63) is 53.6 Å². The maximum absolute atomic E-state index is 12.3. The van der Waals surface area contributed by atoms with Crippen molar-refractivity contribution in [3.63, 3.8) is 0 Å². The maximum atomic E-state index is 12.3. The van der Waals surface area contributed by atoms with Gasteiger partial charge in [-0.25, -0.2) is 4.98 Å². The Balaban J connectivity index is 1.34. The van der Waals surface area contributed by atoms with Gasteiger partial charge in [-0.05, 0) is 42.7 Å². The minimum Gasteiger partial charge on any atom is -0.350 e. The van der Waals surface area contributed by atoms with E-state index in [1.807, 2.05) is 12.5 Å². The SMILES string of the molecule is O=C(C[C@@H]1CCc2ccccc21)NCc1cncn1C1CC1. The van der Waals surface area contributed by atoms with E-state index in [0.717, 1.165) is 18.5 Å². The van der Waals surface area contributed by atoms with Crippen molar-refractivity contribution in [2.24, 2.45) is 0 Å². The molecular weight excluding hydrogens is 274 g/mol. The van der Waals surface area contributed by atoms with Crippen LogP contribution in [0.5, 0.6) is 0 Å². The fourth-order valence-corrected chi connectivity index (χ4v) is 3.49. The molecule has 1 aromatic heterocycles. The minimum absolute atomic E-state index is 0.144. The van der Waals surface area contributed by atoms with Crippen LogP contribution in [0, 0.1) is 0 Å². The Bertz CT molecular complexity index is 687. The van der Waals surface area contributed by atoms with E-state index in [4.69, 9.17) is 0 Å². The maximum Gasteiger partial charge on any atom is 0.220 e. The summed E-state index contributed by atoms with van der Waals surface area (Å²) >= 11 is 0. The van der Waals surface area contributed by atoms with E-state index in [-0.39, 0.29) is 5.91 Å². The molecule has 2 aromatic rings. The highest BCUT2D eigenvalue weighted by molar-refractivity contribution is 5.77. The fraction of sp³-hybridized carbons (Fsp3) is 0.444. The third kappa shape index (κ3) is 2.65. The molecule has 22 heavy (non-hydrogen) atoms. The number of hydrogen-bond donors (Lipinski definition) is 1. The molecule has 0 saturated heterocycles. The molecule has 1 fully saturated rings. The lowest BCUT2D eigenvalue weighted by Crippen LogP contribution is -2.25. The summed E-state index contributed by atoms with van der Waals surface area (Å²) in [6.45, 7) is 0.587. The van der Waals surface area contributed by atoms with Gasteiger partial charge in [0.1, 0.15) is 0 Å². The molecule has 4 nitrogen and oxygen atoms in total. The predicted octanol–water partition coefficient (Wildman–Crippen LogP) is 2.95. The van der Waals surface area contributed by atoms with Gasteiger partial charge in [-0.15, -0.1) is 0 Å². The zero-order valence-corrected chi connectivity index (χ0v) is 12.7. The van der Waals surface area contributed by atoms with E-state index in [9.17, 15) is 4.79 Å².